The van der Waals surface area contributed by atoms with Crippen molar-refractivity contribution in [1.29, 1.82) is 0 Å². The highest BCUT2D eigenvalue weighted by Gasteiger charge is 2.22. The summed E-state index contributed by atoms with van der Waals surface area (Å²) in [5.41, 5.74) is 1.90. The molecule has 1 fully saturated rings. The van der Waals surface area contributed by atoms with Crippen LogP contribution >= 0.6 is 22.9 Å². The number of nitrogens with zero attached hydrogens (tertiary/aromatic N) is 4. The van der Waals surface area contributed by atoms with E-state index in [9.17, 15) is 4.79 Å². The summed E-state index contributed by atoms with van der Waals surface area (Å²) in [6.07, 6.45) is 3.84. The minimum absolute atomic E-state index is 0.103. The van der Waals surface area contributed by atoms with E-state index in [4.69, 9.17) is 11.6 Å². The summed E-state index contributed by atoms with van der Waals surface area (Å²) in [6, 6.07) is 7.61. The van der Waals surface area contributed by atoms with Crippen molar-refractivity contribution in [2.45, 2.75) is 0 Å². The van der Waals surface area contributed by atoms with Gasteiger partial charge in [-0.05, 0) is 19.2 Å². The number of fused-ring (bicyclic) bond motifs is 1. The molecule has 3 heterocycles. The van der Waals surface area contributed by atoms with Gasteiger partial charge in [0.15, 0.2) is 4.96 Å². The van der Waals surface area contributed by atoms with Crippen molar-refractivity contribution in [3.05, 3.63) is 46.6 Å². The zero-order valence-corrected chi connectivity index (χ0v) is 14.8. The molecule has 0 aliphatic carbocycles. The molecule has 3 aromatic rings. The lowest BCUT2D eigenvalue weighted by atomic mass is 10.2. The van der Waals surface area contributed by atoms with Crippen molar-refractivity contribution in [2.24, 2.45) is 0 Å². The van der Waals surface area contributed by atoms with Crippen LogP contribution in [0, 0.1) is 0 Å². The van der Waals surface area contributed by atoms with Crippen LogP contribution in [0.5, 0.6) is 0 Å². The Hall–Kier alpha value is -1.89. The second-order valence-electron chi connectivity index (χ2n) is 6.01. The second-order valence-corrected chi connectivity index (χ2v) is 7.46. The van der Waals surface area contributed by atoms with Crippen molar-refractivity contribution in [3.8, 4) is 11.3 Å². The zero-order chi connectivity index (χ0) is 16.7. The van der Waals surface area contributed by atoms with Crippen molar-refractivity contribution in [1.82, 2.24) is 19.2 Å². The third kappa shape index (κ3) is 2.92. The summed E-state index contributed by atoms with van der Waals surface area (Å²) < 4.78 is 1.93. The number of hydrogen-bond donors (Lipinski definition) is 0. The van der Waals surface area contributed by atoms with E-state index in [0.29, 0.717) is 5.02 Å². The Kier molecular flexibility index (Phi) is 4.04. The summed E-state index contributed by atoms with van der Waals surface area (Å²) in [5.74, 6) is 0.103. The zero-order valence-electron chi connectivity index (χ0n) is 13.3. The summed E-state index contributed by atoms with van der Waals surface area (Å²) >= 11 is 7.37. The number of benzene rings is 1. The van der Waals surface area contributed by atoms with E-state index < -0.39 is 0 Å². The van der Waals surface area contributed by atoms with E-state index in [-0.39, 0.29) is 5.91 Å². The van der Waals surface area contributed by atoms with Gasteiger partial charge >= 0.3 is 0 Å². The lowest BCUT2D eigenvalue weighted by Crippen LogP contribution is -2.46. The highest BCUT2D eigenvalue weighted by atomic mass is 35.5. The topological polar surface area (TPSA) is 40.9 Å². The van der Waals surface area contributed by atoms with E-state index in [1.54, 1.807) is 0 Å². The molecule has 0 saturated carbocycles. The summed E-state index contributed by atoms with van der Waals surface area (Å²) in [4.78, 5) is 23.0. The fourth-order valence-electron chi connectivity index (χ4n) is 2.82. The van der Waals surface area contributed by atoms with Gasteiger partial charge in [-0.1, -0.05) is 35.1 Å². The molecule has 0 bridgehead atoms. The second kappa shape index (κ2) is 6.20. The Labute approximate surface area is 149 Å². The van der Waals surface area contributed by atoms with Crippen LogP contribution in [0.25, 0.3) is 16.2 Å². The molecule has 1 aliphatic heterocycles. The molecule has 5 nitrogen and oxygen atoms in total. The number of likely N-dealkylation sites (N-methyl/N-ethyl adjacent to an activating group) is 1. The minimum atomic E-state index is 0.103. The molecular formula is C17H17ClN4OS. The third-order valence-electron chi connectivity index (χ3n) is 4.30. The number of piperazine rings is 1. The van der Waals surface area contributed by atoms with Gasteiger partial charge in [0.05, 0.1) is 5.69 Å². The first-order valence-corrected chi connectivity index (χ1v) is 9.02. The van der Waals surface area contributed by atoms with E-state index in [2.05, 4.69) is 16.9 Å². The molecule has 24 heavy (non-hydrogen) atoms. The molecule has 1 aromatic carbocycles. The van der Waals surface area contributed by atoms with E-state index in [0.717, 1.165) is 47.3 Å². The minimum Gasteiger partial charge on any atom is -0.335 e. The number of thiazole rings is 1. The lowest BCUT2D eigenvalue weighted by Gasteiger charge is -2.32. The third-order valence-corrected chi connectivity index (χ3v) is 5.53. The van der Waals surface area contributed by atoms with Gasteiger partial charge in [0.2, 0.25) is 0 Å². The number of rotatable bonds is 2. The quantitative estimate of drug-likeness (QED) is 0.705. The highest BCUT2D eigenvalue weighted by molar-refractivity contribution is 7.18. The summed E-state index contributed by atoms with van der Waals surface area (Å²) in [5, 5.41) is 0.708. The van der Waals surface area contributed by atoms with Gasteiger partial charge in [-0.2, -0.15) is 0 Å². The summed E-state index contributed by atoms with van der Waals surface area (Å²) in [7, 11) is 2.08. The maximum Gasteiger partial charge on any atom is 0.265 e. The SMILES string of the molecule is CN1CCN(C(=O)c2cn3cc(-c4ccc(Cl)cc4)nc3s2)CC1. The molecule has 0 spiro atoms. The standard InChI is InChI=1S/C17H17ClN4OS/c1-20-6-8-21(9-7-20)16(23)15-11-22-10-14(19-17(22)24-15)12-2-4-13(18)5-3-12/h2-5,10-11H,6-9H2,1H3. The molecular weight excluding hydrogens is 344 g/mol. The summed E-state index contributed by atoms with van der Waals surface area (Å²) in [6.45, 7) is 3.42. The van der Waals surface area contributed by atoms with Gasteiger partial charge in [0, 0.05) is 49.2 Å². The fourth-order valence-corrected chi connectivity index (χ4v) is 3.88. The largest absolute Gasteiger partial charge is 0.335 e. The van der Waals surface area contributed by atoms with E-state index in [1.165, 1.54) is 11.3 Å². The maximum atomic E-state index is 12.6. The van der Waals surface area contributed by atoms with Crippen molar-refractivity contribution >= 4 is 33.8 Å². The van der Waals surface area contributed by atoms with Crippen LogP contribution in [0.2, 0.25) is 5.02 Å². The normalized spacial score (nSPS) is 16.0. The molecule has 1 saturated heterocycles. The molecule has 124 valence electrons. The molecule has 1 amide bonds. The Bertz CT molecular complexity index is 846. The number of carbonyl (C=O) groups excluding carboxylic acids is 1. The van der Waals surface area contributed by atoms with Gasteiger partial charge < -0.3 is 9.80 Å². The Morgan fingerprint density at radius 1 is 1.12 bits per heavy atom. The van der Waals surface area contributed by atoms with Crippen LogP contribution in [0.1, 0.15) is 9.67 Å². The van der Waals surface area contributed by atoms with E-state index in [1.807, 2.05) is 46.0 Å². The molecule has 4 rings (SSSR count). The Balaban J connectivity index is 1.57. The average Bonchev–Trinajstić information content (AvgIpc) is 3.14. The van der Waals surface area contributed by atoms with Crippen molar-refractivity contribution < 1.29 is 4.79 Å². The average molecular weight is 361 g/mol. The molecule has 0 unspecified atom stereocenters. The van der Waals surface area contributed by atoms with Crippen LogP contribution in [0.15, 0.2) is 36.7 Å². The van der Waals surface area contributed by atoms with Crippen LogP contribution in [-0.4, -0.2) is 58.3 Å². The first-order chi connectivity index (χ1) is 11.6. The lowest BCUT2D eigenvalue weighted by molar-refractivity contribution is 0.0668. The Morgan fingerprint density at radius 2 is 1.83 bits per heavy atom. The highest BCUT2D eigenvalue weighted by Crippen LogP contribution is 2.26. The van der Waals surface area contributed by atoms with Crippen molar-refractivity contribution in [3.63, 3.8) is 0 Å². The fraction of sp³-hybridized carbons (Fsp3) is 0.294. The molecule has 7 heteroatoms. The van der Waals surface area contributed by atoms with Crippen LogP contribution in [0.4, 0.5) is 0 Å². The number of imidazole rings is 1. The van der Waals surface area contributed by atoms with Crippen LogP contribution in [0.3, 0.4) is 0 Å². The van der Waals surface area contributed by atoms with Gasteiger partial charge in [-0.25, -0.2) is 4.98 Å². The van der Waals surface area contributed by atoms with Crippen molar-refractivity contribution in [2.75, 3.05) is 33.2 Å². The number of amides is 1. The first kappa shape index (κ1) is 15.6. The first-order valence-electron chi connectivity index (χ1n) is 7.82. The predicted octanol–water partition coefficient (Wildman–Crippen LogP) is 3.10. The van der Waals surface area contributed by atoms with E-state index >= 15 is 0 Å². The molecule has 2 aromatic heterocycles. The number of hydrogen-bond acceptors (Lipinski definition) is 4. The Morgan fingerprint density at radius 3 is 2.50 bits per heavy atom. The number of aromatic nitrogens is 2. The monoisotopic (exact) mass is 360 g/mol. The molecule has 0 N–H and O–H groups in total. The smallest absolute Gasteiger partial charge is 0.265 e. The molecule has 1 aliphatic rings. The number of carbonyl (C=O) groups is 1. The van der Waals surface area contributed by atoms with Gasteiger partial charge in [-0.3, -0.25) is 9.20 Å². The van der Waals surface area contributed by atoms with Gasteiger partial charge in [0.25, 0.3) is 5.91 Å². The number of halogens is 1. The molecule has 0 radical (unpaired) electrons. The van der Waals surface area contributed by atoms with Gasteiger partial charge in [-0.15, -0.1) is 0 Å². The predicted molar refractivity (Wildman–Crippen MR) is 96.9 cm³/mol. The maximum absolute atomic E-state index is 12.6. The van der Waals surface area contributed by atoms with Crippen LogP contribution in [-0.2, 0) is 0 Å². The van der Waals surface area contributed by atoms with Crippen LogP contribution < -0.4 is 0 Å². The van der Waals surface area contributed by atoms with Gasteiger partial charge in [0.1, 0.15) is 4.88 Å². The molecule has 0 atom stereocenters.